The van der Waals surface area contributed by atoms with Crippen LogP contribution in [-0.4, -0.2) is 13.2 Å². The summed E-state index contributed by atoms with van der Waals surface area (Å²) < 4.78 is 12.2. The summed E-state index contributed by atoms with van der Waals surface area (Å²) >= 11 is 3.40. The number of nitrogens with two attached hydrogens (primary N) is 1. The van der Waals surface area contributed by atoms with Crippen molar-refractivity contribution in [1.82, 2.24) is 0 Å². The van der Waals surface area contributed by atoms with Gasteiger partial charge in [-0.3, -0.25) is 0 Å². The normalized spacial score (nSPS) is 10.2. The highest BCUT2D eigenvalue weighted by atomic mass is 79.9. The first-order valence-corrected chi connectivity index (χ1v) is 6.87. The fraction of sp³-hybridized carbons (Fsp3) is 0.200. The standard InChI is InChI=1S/C15H16BrNO2/c16-13-2-1-3-15(10-13)19-9-8-18-14-6-4-12(11-17)5-7-14/h1-7,10H,8-9,11,17H2. The average Bonchev–Trinajstić information content (AvgIpc) is 2.44. The molecule has 0 atom stereocenters. The van der Waals surface area contributed by atoms with E-state index >= 15 is 0 Å². The van der Waals surface area contributed by atoms with Gasteiger partial charge in [-0.15, -0.1) is 0 Å². The monoisotopic (exact) mass is 321 g/mol. The van der Waals surface area contributed by atoms with Gasteiger partial charge in [0.1, 0.15) is 24.7 Å². The van der Waals surface area contributed by atoms with E-state index in [0.717, 1.165) is 21.5 Å². The largest absolute Gasteiger partial charge is 0.490 e. The number of hydrogen-bond donors (Lipinski definition) is 1. The zero-order chi connectivity index (χ0) is 13.5. The van der Waals surface area contributed by atoms with Gasteiger partial charge >= 0.3 is 0 Å². The van der Waals surface area contributed by atoms with Gasteiger partial charge in [0.05, 0.1) is 0 Å². The van der Waals surface area contributed by atoms with Crippen LogP contribution < -0.4 is 15.2 Å². The summed E-state index contributed by atoms with van der Waals surface area (Å²) in [5.74, 6) is 1.66. The number of halogens is 1. The van der Waals surface area contributed by atoms with Crippen LogP contribution in [0.3, 0.4) is 0 Å². The Hall–Kier alpha value is -1.52. The third kappa shape index (κ3) is 4.58. The van der Waals surface area contributed by atoms with Crippen LogP contribution in [0.5, 0.6) is 11.5 Å². The first-order valence-electron chi connectivity index (χ1n) is 6.08. The fourth-order valence-electron chi connectivity index (χ4n) is 1.60. The van der Waals surface area contributed by atoms with Crippen LogP contribution in [0, 0.1) is 0 Å². The molecule has 3 nitrogen and oxygen atoms in total. The first-order chi connectivity index (χ1) is 9.28. The Labute approximate surface area is 121 Å². The molecular formula is C15H16BrNO2. The van der Waals surface area contributed by atoms with Crippen LogP contribution in [0.15, 0.2) is 53.0 Å². The summed E-state index contributed by atoms with van der Waals surface area (Å²) in [7, 11) is 0. The molecule has 2 N–H and O–H groups in total. The van der Waals surface area contributed by atoms with Crippen LogP contribution in [-0.2, 0) is 6.54 Å². The topological polar surface area (TPSA) is 44.5 Å². The van der Waals surface area contributed by atoms with Crippen LogP contribution in [0.2, 0.25) is 0 Å². The van der Waals surface area contributed by atoms with Gasteiger partial charge in [0.25, 0.3) is 0 Å². The fourth-order valence-corrected chi connectivity index (χ4v) is 1.98. The van der Waals surface area contributed by atoms with Crippen LogP contribution in [0.4, 0.5) is 0 Å². The van der Waals surface area contributed by atoms with E-state index in [1.54, 1.807) is 0 Å². The van der Waals surface area contributed by atoms with Crippen LogP contribution in [0.25, 0.3) is 0 Å². The molecule has 2 aromatic carbocycles. The Bertz CT molecular complexity index is 514. The van der Waals surface area contributed by atoms with Crippen molar-refractivity contribution < 1.29 is 9.47 Å². The molecular weight excluding hydrogens is 306 g/mol. The molecule has 0 saturated carbocycles. The molecule has 4 heteroatoms. The van der Waals surface area contributed by atoms with Crippen LogP contribution in [0.1, 0.15) is 5.56 Å². The van der Waals surface area contributed by atoms with Gasteiger partial charge < -0.3 is 15.2 Å². The zero-order valence-corrected chi connectivity index (χ0v) is 12.1. The minimum Gasteiger partial charge on any atom is -0.490 e. The maximum atomic E-state index is 5.58. The molecule has 0 unspecified atom stereocenters. The maximum absolute atomic E-state index is 5.58. The zero-order valence-electron chi connectivity index (χ0n) is 10.5. The van der Waals surface area contributed by atoms with E-state index in [1.807, 2.05) is 48.5 Å². The van der Waals surface area contributed by atoms with E-state index in [-0.39, 0.29) is 0 Å². The lowest BCUT2D eigenvalue weighted by molar-refractivity contribution is 0.217. The lowest BCUT2D eigenvalue weighted by atomic mass is 10.2. The van der Waals surface area contributed by atoms with Gasteiger partial charge in [0.2, 0.25) is 0 Å². The second kappa shape index (κ2) is 7.16. The minimum absolute atomic E-state index is 0.508. The molecule has 0 aliphatic rings. The average molecular weight is 322 g/mol. The molecule has 0 amide bonds. The third-order valence-corrected chi connectivity index (χ3v) is 3.07. The van der Waals surface area contributed by atoms with E-state index in [1.165, 1.54) is 0 Å². The summed E-state index contributed by atoms with van der Waals surface area (Å²) in [5, 5.41) is 0. The molecule has 0 aliphatic heterocycles. The van der Waals surface area contributed by atoms with Crippen molar-refractivity contribution in [3.8, 4) is 11.5 Å². The van der Waals surface area contributed by atoms with Gasteiger partial charge in [-0.1, -0.05) is 34.1 Å². The Morgan fingerprint density at radius 3 is 2.21 bits per heavy atom. The Balaban J connectivity index is 1.74. The molecule has 0 saturated heterocycles. The van der Waals surface area contributed by atoms with Gasteiger partial charge in [-0.2, -0.15) is 0 Å². The van der Waals surface area contributed by atoms with Crippen LogP contribution >= 0.6 is 15.9 Å². The Morgan fingerprint density at radius 1 is 0.895 bits per heavy atom. The second-order valence-corrected chi connectivity index (χ2v) is 4.92. The number of hydrogen-bond acceptors (Lipinski definition) is 3. The van der Waals surface area contributed by atoms with Gasteiger partial charge in [0, 0.05) is 11.0 Å². The minimum atomic E-state index is 0.508. The maximum Gasteiger partial charge on any atom is 0.122 e. The lowest BCUT2D eigenvalue weighted by Crippen LogP contribution is -2.09. The molecule has 19 heavy (non-hydrogen) atoms. The summed E-state index contributed by atoms with van der Waals surface area (Å²) in [6.45, 7) is 1.57. The number of benzene rings is 2. The summed E-state index contributed by atoms with van der Waals surface area (Å²) in [5.41, 5.74) is 6.63. The smallest absolute Gasteiger partial charge is 0.122 e. The van der Waals surface area contributed by atoms with E-state index in [4.69, 9.17) is 15.2 Å². The molecule has 0 radical (unpaired) electrons. The highest BCUT2D eigenvalue weighted by Crippen LogP contribution is 2.17. The van der Waals surface area contributed by atoms with Crippen molar-refractivity contribution in [2.45, 2.75) is 6.54 Å². The van der Waals surface area contributed by atoms with Crippen molar-refractivity contribution in [2.24, 2.45) is 5.73 Å². The molecule has 0 aliphatic carbocycles. The summed E-state index contributed by atoms with van der Waals surface area (Å²) in [6, 6.07) is 15.5. The van der Waals surface area contributed by atoms with E-state index in [9.17, 15) is 0 Å². The molecule has 0 heterocycles. The highest BCUT2D eigenvalue weighted by molar-refractivity contribution is 9.10. The van der Waals surface area contributed by atoms with Crippen molar-refractivity contribution >= 4 is 15.9 Å². The molecule has 2 aromatic rings. The van der Waals surface area contributed by atoms with E-state index in [0.29, 0.717) is 19.8 Å². The molecule has 0 fully saturated rings. The van der Waals surface area contributed by atoms with Crippen molar-refractivity contribution in [2.75, 3.05) is 13.2 Å². The van der Waals surface area contributed by atoms with E-state index < -0.39 is 0 Å². The molecule has 2 rings (SSSR count). The number of rotatable bonds is 6. The van der Waals surface area contributed by atoms with Crippen molar-refractivity contribution in [3.05, 3.63) is 58.6 Å². The van der Waals surface area contributed by atoms with Gasteiger partial charge in [-0.25, -0.2) is 0 Å². The number of ether oxygens (including phenoxy) is 2. The molecule has 0 bridgehead atoms. The van der Waals surface area contributed by atoms with Crippen molar-refractivity contribution in [3.63, 3.8) is 0 Å². The predicted molar refractivity (Wildman–Crippen MR) is 79.5 cm³/mol. The van der Waals surface area contributed by atoms with Crippen molar-refractivity contribution in [1.29, 1.82) is 0 Å². The highest BCUT2D eigenvalue weighted by Gasteiger charge is 1.97. The second-order valence-electron chi connectivity index (χ2n) is 4.00. The Kier molecular flexibility index (Phi) is 5.24. The molecule has 0 spiro atoms. The quantitative estimate of drug-likeness (QED) is 0.830. The van der Waals surface area contributed by atoms with Gasteiger partial charge in [0.15, 0.2) is 0 Å². The third-order valence-electron chi connectivity index (χ3n) is 2.58. The SMILES string of the molecule is NCc1ccc(OCCOc2cccc(Br)c2)cc1. The molecule has 100 valence electrons. The Morgan fingerprint density at radius 2 is 1.58 bits per heavy atom. The van der Waals surface area contributed by atoms with Gasteiger partial charge in [-0.05, 0) is 35.9 Å². The van der Waals surface area contributed by atoms with E-state index in [2.05, 4.69) is 15.9 Å². The summed E-state index contributed by atoms with van der Waals surface area (Å²) in [4.78, 5) is 0. The molecule has 0 aromatic heterocycles. The predicted octanol–water partition coefficient (Wildman–Crippen LogP) is 3.37. The first kappa shape index (κ1) is 13.9. The lowest BCUT2D eigenvalue weighted by Gasteiger charge is -2.09. The summed E-state index contributed by atoms with van der Waals surface area (Å²) in [6.07, 6.45) is 0.